The lowest BCUT2D eigenvalue weighted by atomic mass is 9.59. The van der Waals surface area contributed by atoms with Crippen molar-refractivity contribution in [2.45, 2.75) is 40.5 Å². The predicted molar refractivity (Wildman–Crippen MR) is 93.5 cm³/mol. The van der Waals surface area contributed by atoms with Gasteiger partial charge in [-0.2, -0.15) is 0 Å². The number of ether oxygens (including phenoxy) is 1. The van der Waals surface area contributed by atoms with Gasteiger partial charge in [0, 0.05) is 5.02 Å². The first-order chi connectivity index (χ1) is 11.0. The van der Waals surface area contributed by atoms with Crippen molar-refractivity contribution in [2.24, 2.45) is 16.2 Å². The van der Waals surface area contributed by atoms with Gasteiger partial charge in [0.2, 0.25) is 5.91 Å². The molecule has 1 aromatic rings. The van der Waals surface area contributed by atoms with Crippen LogP contribution in [0.5, 0.6) is 5.75 Å². The highest BCUT2D eigenvalue weighted by Crippen LogP contribution is 2.63. The molecule has 0 spiro atoms. The van der Waals surface area contributed by atoms with Crippen molar-refractivity contribution in [1.82, 2.24) is 0 Å². The Morgan fingerprint density at radius 3 is 2.25 bits per heavy atom. The zero-order valence-corrected chi connectivity index (χ0v) is 15.5. The van der Waals surface area contributed by atoms with Gasteiger partial charge in [0.05, 0.1) is 23.6 Å². The summed E-state index contributed by atoms with van der Waals surface area (Å²) < 4.78 is 5.26. The van der Waals surface area contributed by atoms with Crippen LogP contribution in [0.4, 0.5) is 5.69 Å². The van der Waals surface area contributed by atoms with Crippen LogP contribution in [-0.4, -0.2) is 24.1 Å². The number of rotatable bonds is 4. The quantitative estimate of drug-likeness (QED) is 0.850. The molecule has 2 unspecified atom stereocenters. The fraction of sp³-hybridized carbons (Fsp3) is 0.556. The Labute approximate surface area is 147 Å². The number of aliphatic carboxylic acids is 1. The van der Waals surface area contributed by atoms with Crippen LogP contribution in [0.25, 0.3) is 0 Å². The summed E-state index contributed by atoms with van der Waals surface area (Å²) in [5.41, 5.74) is -2.02. The smallest absolute Gasteiger partial charge is 0.309 e. The van der Waals surface area contributed by atoms with E-state index in [2.05, 4.69) is 5.32 Å². The second-order valence-electron chi connectivity index (χ2n) is 7.39. The molecule has 132 valence electrons. The van der Waals surface area contributed by atoms with E-state index in [0.29, 0.717) is 29.3 Å². The molecule has 0 saturated heterocycles. The Bertz CT molecular complexity index is 688. The van der Waals surface area contributed by atoms with Gasteiger partial charge in [-0.3, -0.25) is 9.59 Å². The maximum atomic E-state index is 13.0. The molecule has 1 saturated carbocycles. The van der Waals surface area contributed by atoms with Crippen LogP contribution in [0.3, 0.4) is 0 Å². The Morgan fingerprint density at radius 1 is 1.17 bits per heavy atom. The molecule has 1 fully saturated rings. The molecule has 0 heterocycles. The monoisotopic (exact) mass is 353 g/mol. The van der Waals surface area contributed by atoms with Gasteiger partial charge in [-0.15, -0.1) is 0 Å². The minimum Gasteiger partial charge on any atom is -0.495 e. The van der Waals surface area contributed by atoms with Crippen molar-refractivity contribution in [1.29, 1.82) is 0 Å². The van der Waals surface area contributed by atoms with Crippen molar-refractivity contribution in [3.63, 3.8) is 0 Å². The van der Waals surface area contributed by atoms with Gasteiger partial charge in [0.25, 0.3) is 0 Å². The SMILES string of the molecule is COc1ccc(Cl)cc1NC(=O)C1(C)CCC(C)(C(=O)O)C1(C)C. The first-order valence-electron chi connectivity index (χ1n) is 7.88. The molecule has 1 aliphatic carbocycles. The van der Waals surface area contributed by atoms with Gasteiger partial charge in [-0.25, -0.2) is 0 Å². The Balaban J connectivity index is 2.37. The van der Waals surface area contributed by atoms with Crippen LogP contribution in [0.1, 0.15) is 40.5 Å². The van der Waals surface area contributed by atoms with Crippen LogP contribution < -0.4 is 10.1 Å². The highest BCUT2D eigenvalue weighted by atomic mass is 35.5. The molecular formula is C18H24ClNO4. The molecule has 1 aromatic carbocycles. The number of amides is 1. The number of carbonyl (C=O) groups is 2. The molecule has 2 rings (SSSR count). The Hall–Kier alpha value is -1.75. The molecule has 5 nitrogen and oxygen atoms in total. The highest BCUT2D eigenvalue weighted by Gasteiger charge is 2.64. The average molecular weight is 354 g/mol. The van der Waals surface area contributed by atoms with E-state index in [4.69, 9.17) is 16.3 Å². The summed E-state index contributed by atoms with van der Waals surface area (Å²) in [5.74, 6) is -0.587. The van der Waals surface area contributed by atoms with Crippen LogP contribution in [0.15, 0.2) is 18.2 Å². The van der Waals surface area contributed by atoms with Crippen molar-refractivity contribution >= 4 is 29.2 Å². The molecule has 24 heavy (non-hydrogen) atoms. The summed E-state index contributed by atoms with van der Waals surface area (Å²) in [5, 5.41) is 13.0. The van der Waals surface area contributed by atoms with E-state index in [-0.39, 0.29) is 5.91 Å². The zero-order chi connectivity index (χ0) is 18.3. The summed E-state index contributed by atoms with van der Waals surface area (Å²) >= 11 is 6.01. The summed E-state index contributed by atoms with van der Waals surface area (Å²) in [6, 6.07) is 4.99. The maximum Gasteiger partial charge on any atom is 0.309 e. The van der Waals surface area contributed by atoms with E-state index >= 15 is 0 Å². The Kier molecular flexibility index (Phi) is 4.61. The number of carbonyl (C=O) groups excluding carboxylic acids is 1. The summed E-state index contributed by atoms with van der Waals surface area (Å²) in [4.78, 5) is 24.8. The number of benzene rings is 1. The van der Waals surface area contributed by atoms with Gasteiger partial charge < -0.3 is 15.2 Å². The minimum absolute atomic E-state index is 0.224. The lowest BCUT2D eigenvalue weighted by Crippen LogP contribution is -2.49. The average Bonchev–Trinajstić information content (AvgIpc) is 2.70. The molecule has 1 aliphatic rings. The van der Waals surface area contributed by atoms with Crippen LogP contribution in [-0.2, 0) is 9.59 Å². The van der Waals surface area contributed by atoms with Gasteiger partial charge in [0.1, 0.15) is 5.75 Å². The zero-order valence-electron chi connectivity index (χ0n) is 14.7. The molecule has 6 heteroatoms. The highest BCUT2D eigenvalue weighted by molar-refractivity contribution is 6.31. The van der Waals surface area contributed by atoms with E-state index in [1.165, 1.54) is 7.11 Å². The van der Waals surface area contributed by atoms with Crippen LogP contribution >= 0.6 is 11.6 Å². The third-order valence-corrected chi connectivity index (χ3v) is 6.50. The van der Waals surface area contributed by atoms with E-state index in [9.17, 15) is 14.7 Å². The first kappa shape index (κ1) is 18.6. The molecule has 1 amide bonds. The molecule has 0 aliphatic heterocycles. The summed E-state index contributed by atoms with van der Waals surface area (Å²) in [6.07, 6.45) is 0.948. The standard InChI is InChI=1S/C18H24ClNO4/c1-16(2)17(3,8-9-18(16,4)15(22)23)14(21)20-12-10-11(19)6-7-13(12)24-5/h6-7,10H,8-9H2,1-5H3,(H,20,21)(H,22,23). The second kappa shape index (κ2) is 5.96. The van der Waals surface area contributed by atoms with E-state index in [0.717, 1.165) is 0 Å². The lowest BCUT2D eigenvalue weighted by Gasteiger charge is -2.44. The maximum absolute atomic E-state index is 13.0. The topological polar surface area (TPSA) is 75.6 Å². The van der Waals surface area contributed by atoms with Crippen molar-refractivity contribution < 1.29 is 19.4 Å². The Morgan fingerprint density at radius 2 is 1.75 bits per heavy atom. The number of hydrogen-bond donors (Lipinski definition) is 2. The fourth-order valence-corrected chi connectivity index (χ4v) is 3.72. The molecule has 0 radical (unpaired) electrons. The van der Waals surface area contributed by atoms with E-state index in [1.54, 1.807) is 25.1 Å². The third-order valence-electron chi connectivity index (χ3n) is 6.27. The minimum atomic E-state index is -0.961. The predicted octanol–water partition coefficient (Wildman–Crippen LogP) is 4.20. The van der Waals surface area contributed by atoms with Gasteiger partial charge >= 0.3 is 5.97 Å². The first-order valence-corrected chi connectivity index (χ1v) is 8.26. The largest absolute Gasteiger partial charge is 0.495 e. The van der Waals surface area contributed by atoms with E-state index < -0.39 is 22.2 Å². The normalized spacial score (nSPS) is 28.4. The number of nitrogens with one attached hydrogen (secondary N) is 1. The summed E-state index contributed by atoms with van der Waals surface area (Å²) in [7, 11) is 1.52. The van der Waals surface area contributed by atoms with E-state index in [1.807, 2.05) is 20.8 Å². The molecule has 2 atom stereocenters. The molecule has 2 N–H and O–H groups in total. The fourth-order valence-electron chi connectivity index (χ4n) is 3.54. The van der Waals surface area contributed by atoms with Crippen LogP contribution in [0.2, 0.25) is 5.02 Å². The number of hydrogen-bond acceptors (Lipinski definition) is 3. The summed E-state index contributed by atoms with van der Waals surface area (Å²) in [6.45, 7) is 7.24. The molecule has 0 aromatic heterocycles. The van der Waals surface area contributed by atoms with Crippen molar-refractivity contribution in [3.8, 4) is 5.75 Å². The lowest BCUT2D eigenvalue weighted by molar-refractivity contribution is -0.157. The van der Waals surface area contributed by atoms with Gasteiger partial charge in [0.15, 0.2) is 0 Å². The number of anilines is 1. The third kappa shape index (κ3) is 2.55. The number of carboxylic acid groups (broad SMARTS) is 1. The number of methoxy groups -OCH3 is 1. The van der Waals surface area contributed by atoms with Crippen LogP contribution in [0, 0.1) is 16.2 Å². The van der Waals surface area contributed by atoms with Crippen molar-refractivity contribution in [3.05, 3.63) is 23.2 Å². The second-order valence-corrected chi connectivity index (χ2v) is 7.83. The van der Waals surface area contributed by atoms with Gasteiger partial charge in [-0.05, 0) is 43.4 Å². The number of halogens is 1. The molecular weight excluding hydrogens is 330 g/mol. The van der Waals surface area contributed by atoms with Gasteiger partial charge in [-0.1, -0.05) is 32.4 Å². The molecule has 0 bridgehead atoms. The van der Waals surface area contributed by atoms with Crippen molar-refractivity contribution in [2.75, 3.05) is 12.4 Å². The number of carboxylic acids is 1.